The summed E-state index contributed by atoms with van der Waals surface area (Å²) in [4.78, 5) is 14.1. The van der Waals surface area contributed by atoms with E-state index in [1.807, 2.05) is 66.7 Å². The van der Waals surface area contributed by atoms with Crippen molar-refractivity contribution in [3.8, 4) is 5.75 Å². The minimum Gasteiger partial charge on any atom is -0.497 e. The van der Waals surface area contributed by atoms with E-state index in [1.165, 1.54) is 0 Å². The molecular formula is C20H20FNO2. The molecular weight excluding hydrogens is 305 g/mol. The highest BCUT2D eigenvalue weighted by molar-refractivity contribution is 6.03. The van der Waals surface area contributed by atoms with Gasteiger partial charge in [0.15, 0.2) is 0 Å². The maximum Gasteiger partial charge on any atom is 0.233 e. The number of alkyl halides is 1. The van der Waals surface area contributed by atoms with E-state index in [9.17, 15) is 9.18 Å². The molecule has 1 heterocycles. The van der Waals surface area contributed by atoms with Gasteiger partial charge in [0, 0.05) is 5.69 Å². The number of ether oxygens (including phenoxy) is 1. The van der Waals surface area contributed by atoms with Crippen LogP contribution in [0.1, 0.15) is 12.0 Å². The Morgan fingerprint density at radius 2 is 1.83 bits per heavy atom. The van der Waals surface area contributed by atoms with E-state index >= 15 is 0 Å². The van der Waals surface area contributed by atoms with Crippen molar-refractivity contribution in [2.75, 3.05) is 18.7 Å². The van der Waals surface area contributed by atoms with Crippen LogP contribution in [0.4, 0.5) is 10.1 Å². The number of carbonyl (C=O) groups excluding carboxylic acids is 1. The first-order chi connectivity index (χ1) is 11.7. The number of rotatable bonds is 6. The summed E-state index contributed by atoms with van der Waals surface area (Å²) in [6.45, 7) is -0.484. The molecule has 1 amide bonds. The molecule has 3 rings (SSSR count). The number of hydrogen-bond acceptors (Lipinski definition) is 2. The number of anilines is 1. The minimum absolute atomic E-state index is 0.0273. The van der Waals surface area contributed by atoms with Crippen molar-refractivity contribution in [2.24, 2.45) is 5.92 Å². The van der Waals surface area contributed by atoms with Crippen molar-refractivity contribution in [1.82, 2.24) is 0 Å². The third-order valence-electron chi connectivity index (χ3n) is 4.32. The zero-order chi connectivity index (χ0) is 16.9. The van der Waals surface area contributed by atoms with Gasteiger partial charge in [-0.1, -0.05) is 42.5 Å². The molecule has 1 fully saturated rings. The molecule has 1 aliphatic rings. The zero-order valence-electron chi connectivity index (χ0n) is 13.6. The quantitative estimate of drug-likeness (QED) is 0.748. The van der Waals surface area contributed by atoms with Gasteiger partial charge in [0.05, 0.1) is 25.7 Å². The molecule has 124 valence electrons. The summed E-state index contributed by atoms with van der Waals surface area (Å²) in [7, 11) is 1.60. The average Bonchev–Trinajstić information content (AvgIpc) is 2.64. The van der Waals surface area contributed by atoms with Crippen LogP contribution in [0, 0.1) is 5.92 Å². The normalized spacial score (nSPS) is 20.2. The molecule has 2 aromatic carbocycles. The lowest BCUT2D eigenvalue weighted by Crippen LogP contribution is -2.60. The summed E-state index contributed by atoms with van der Waals surface area (Å²) >= 11 is 0. The number of amides is 1. The Hall–Kier alpha value is -2.62. The molecule has 0 N–H and O–H groups in total. The first kappa shape index (κ1) is 16.2. The van der Waals surface area contributed by atoms with E-state index in [4.69, 9.17) is 4.74 Å². The van der Waals surface area contributed by atoms with Crippen molar-refractivity contribution in [1.29, 1.82) is 0 Å². The van der Waals surface area contributed by atoms with Crippen LogP contribution < -0.4 is 9.64 Å². The fourth-order valence-electron chi connectivity index (χ4n) is 3.02. The SMILES string of the molecule is COc1ccc(N2C(=O)[C@H](CCF)[C@H]2C=Cc2ccccc2)cc1. The van der Waals surface area contributed by atoms with Crippen LogP contribution in [0.3, 0.4) is 0 Å². The molecule has 1 aliphatic heterocycles. The van der Waals surface area contributed by atoms with Crippen molar-refractivity contribution in [3.05, 3.63) is 66.2 Å². The number of hydrogen-bond donors (Lipinski definition) is 0. The fourth-order valence-corrected chi connectivity index (χ4v) is 3.02. The van der Waals surface area contributed by atoms with Gasteiger partial charge in [0.25, 0.3) is 0 Å². The van der Waals surface area contributed by atoms with Gasteiger partial charge >= 0.3 is 0 Å². The van der Waals surface area contributed by atoms with Crippen LogP contribution in [-0.2, 0) is 4.79 Å². The van der Waals surface area contributed by atoms with E-state index in [0.717, 1.165) is 17.0 Å². The number of β-lactam (4-membered cyclic amide) rings is 1. The summed E-state index contributed by atoms with van der Waals surface area (Å²) in [5, 5.41) is 0. The van der Waals surface area contributed by atoms with Crippen LogP contribution in [0.15, 0.2) is 60.7 Å². The van der Waals surface area contributed by atoms with Gasteiger partial charge in [-0.25, -0.2) is 0 Å². The van der Waals surface area contributed by atoms with E-state index < -0.39 is 6.67 Å². The molecule has 0 bridgehead atoms. The smallest absolute Gasteiger partial charge is 0.233 e. The molecule has 0 radical (unpaired) electrons. The molecule has 3 nitrogen and oxygen atoms in total. The number of methoxy groups -OCH3 is 1. The van der Waals surface area contributed by atoms with Crippen molar-refractivity contribution in [2.45, 2.75) is 12.5 Å². The molecule has 2 aromatic rings. The number of halogens is 1. The molecule has 0 aliphatic carbocycles. The Labute approximate surface area is 141 Å². The maximum atomic E-state index is 12.8. The highest BCUT2D eigenvalue weighted by Gasteiger charge is 2.45. The highest BCUT2D eigenvalue weighted by atomic mass is 19.1. The van der Waals surface area contributed by atoms with Crippen LogP contribution in [0.2, 0.25) is 0 Å². The van der Waals surface area contributed by atoms with Crippen LogP contribution >= 0.6 is 0 Å². The Kier molecular flexibility index (Phi) is 4.94. The Bertz CT molecular complexity index is 712. The van der Waals surface area contributed by atoms with Crippen molar-refractivity contribution < 1.29 is 13.9 Å². The standard InChI is InChI=1S/C20H20FNO2/c1-24-17-10-8-16(9-11-17)22-19(18(13-14-21)20(22)23)12-7-15-5-3-2-4-6-15/h2-12,18-19H,13-14H2,1H3/t18-,19-/m1/s1. The Morgan fingerprint density at radius 1 is 1.12 bits per heavy atom. The largest absolute Gasteiger partial charge is 0.497 e. The second-order valence-corrected chi connectivity index (χ2v) is 5.75. The van der Waals surface area contributed by atoms with Gasteiger partial charge in [-0.05, 0) is 36.2 Å². The van der Waals surface area contributed by atoms with E-state index in [0.29, 0.717) is 0 Å². The predicted octanol–water partition coefficient (Wildman–Crippen LogP) is 4.10. The second-order valence-electron chi connectivity index (χ2n) is 5.75. The van der Waals surface area contributed by atoms with Gasteiger partial charge in [0.2, 0.25) is 5.91 Å². The molecule has 0 unspecified atom stereocenters. The van der Waals surface area contributed by atoms with Gasteiger partial charge in [-0.15, -0.1) is 0 Å². The molecule has 0 spiro atoms. The van der Waals surface area contributed by atoms with Crippen molar-refractivity contribution >= 4 is 17.7 Å². The fraction of sp³-hybridized carbons (Fsp3) is 0.250. The molecule has 0 saturated carbocycles. The lowest BCUT2D eigenvalue weighted by atomic mass is 9.83. The Morgan fingerprint density at radius 3 is 2.46 bits per heavy atom. The lowest BCUT2D eigenvalue weighted by Gasteiger charge is -2.45. The summed E-state index contributed by atoms with van der Waals surface area (Å²) in [5.74, 6) is 0.418. The zero-order valence-corrected chi connectivity index (χ0v) is 13.6. The number of carbonyl (C=O) groups is 1. The molecule has 0 aromatic heterocycles. The lowest BCUT2D eigenvalue weighted by molar-refractivity contribution is -0.129. The predicted molar refractivity (Wildman–Crippen MR) is 93.8 cm³/mol. The maximum absolute atomic E-state index is 12.8. The van der Waals surface area contributed by atoms with Crippen LogP contribution in [0.5, 0.6) is 5.75 Å². The third kappa shape index (κ3) is 3.18. The van der Waals surface area contributed by atoms with Gasteiger partial charge in [-0.3, -0.25) is 9.18 Å². The average molecular weight is 325 g/mol. The highest BCUT2D eigenvalue weighted by Crippen LogP contribution is 2.36. The minimum atomic E-state index is -0.484. The van der Waals surface area contributed by atoms with Crippen molar-refractivity contribution in [3.63, 3.8) is 0 Å². The van der Waals surface area contributed by atoms with Crippen LogP contribution in [0.25, 0.3) is 6.08 Å². The summed E-state index contributed by atoms with van der Waals surface area (Å²) in [6.07, 6.45) is 4.23. The van der Waals surface area contributed by atoms with E-state index in [1.54, 1.807) is 12.0 Å². The number of benzene rings is 2. The first-order valence-electron chi connectivity index (χ1n) is 8.01. The first-order valence-corrected chi connectivity index (χ1v) is 8.01. The van der Waals surface area contributed by atoms with Gasteiger partial charge < -0.3 is 9.64 Å². The monoisotopic (exact) mass is 325 g/mol. The summed E-state index contributed by atoms with van der Waals surface area (Å²) in [6, 6.07) is 17.1. The van der Waals surface area contributed by atoms with Gasteiger partial charge in [0.1, 0.15) is 5.75 Å². The topological polar surface area (TPSA) is 29.5 Å². The molecule has 4 heteroatoms. The third-order valence-corrected chi connectivity index (χ3v) is 4.32. The Balaban J connectivity index is 1.83. The molecule has 24 heavy (non-hydrogen) atoms. The molecule has 2 atom stereocenters. The summed E-state index contributed by atoms with van der Waals surface area (Å²) in [5.41, 5.74) is 1.86. The van der Waals surface area contributed by atoms with E-state index in [-0.39, 0.29) is 24.3 Å². The second kappa shape index (κ2) is 7.30. The molecule has 1 saturated heterocycles. The summed E-state index contributed by atoms with van der Waals surface area (Å²) < 4.78 is 17.9. The van der Waals surface area contributed by atoms with Crippen LogP contribution in [-0.4, -0.2) is 25.7 Å². The van der Waals surface area contributed by atoms with E-state index in [2.05, 4.69) is 0 Å². The number of nitrogens with zero attached hydrogens (tertiary/aromatic N) is 1. The van der Waals surface area contributed by atoms with Gasteiger partial charge in [-0.2, -0.15) is 0 Å².